The molecule has 0 aliphatic carbocycles. The van der Waals surface area contributed by atoms with Crippen molar-refractivity contribution in [2.24, 2.45) is 7.05 Å². The van der Waals surface area contributed by atoms with Crippen molar-refractivity contribution in [3.05, 3.63) is 40.3 Å². The van der Waals surface area contributed by atoms with Crippen LogP contribution in [-0.2, 0) is 18.4 Å². The molecule has 5 nitrogen and oxygen atoms in total. The van der Waals surface area contributed by atoms with Gasteiger partial charge in [0.15, 0.2) is 0 Å². The van der Waals surface area contributed by atoms with E-state index >= 15 is 0 Å². The molecule has 1 aromatic carbocycles. The van der Waals surface area contributed by atoms with Crippen molar-refractivity contribution in [3.63, 3.8) is 0 Å². The van der Waals surface area contributed by atoms with Crippen LogP contribution in [0.3, 0.4) is 0 Å². The first kappa shape index (κ1) is 11.3. The zero-order valence-corrected chi connectivity index (χ0v) is 9.73. The van der Waals surface area contributed by atoms with Gasteiger partial charge in [-0.05, 0) is 6.07 Å². The first-order valence-corrected chi connectivity index (χ1v) is 5.29. The van der Waals surface area contributed by atoms with Gasteiger partial charge in [-0.3, -0.25) is 9.59 Å². The maximum absolute atomic E-state index is 11.8. The molecule has 0 aliphatic heterocycles. The predicted octanol–water partition coefficient (Wildman–Crippen LogP) is 0.570. The molecule has 0 aliphatic rings. The molecule has 5 heteroatoms. The fourth-order valence-corrected chi connectivity index (χ4v) is 1.71. The lowest BCUT2D eigenvalue weighted by Crippen LogP contribution is -2.25. The van der Waals surface area contributed by atoms with E-state index in [0.29, 0.717) is 17.6 Å². The molecule has 0 radical (unpaired) electrons. The summed E-state index contributed by atoms with van der Waals surface area (Å²) in [6.45, 7) is 1.77. The summed E-state index contributed by atoms with van der Waals surface area (Å²) in [6.07, 6.45) is 0. The number of rotatable bonds is 2. The van der Waals surface area contributed by atoms with Gasteiger partial charge >= 0.3 is 0 Å². The number of nitrogens with zero attached hydrogens (tertiary/aromatic N) is 2. The normalized spacial score (nSPS) is 10.5. The van der Waals surface area contributed by atoms with Gasteiger partial charge in [0.1, 0.15) is 0 Å². The number of fused-ring (bicyclic) bond motifs is 1. The van der Waals surface area contributed by atoms with Gasteiger partial charge in [-0.1, -0.05) is 18.2 Å². The topological polar surface area (TPSA) is 64.0 Å². The summed E-state index contributed by atoms with van der Waals surface area (Å²) < 4.78 is 1.29. The average molecular weight is 231 g/mol. The van der Waals surface area contributed by atoms with Gasteiger partial charge in [-0.2, -0.15) is 5.10 Å². The monoisotopic (exact) mass is 231 g/mol. The highest BCUT2D eigenvalue weighted by Crippen LogP contribution is 2.12. The quantitative estimate of drug-likeness (QED) is 0.821. The number of aromatic nitrogens is 2. The van der Waals surface area contributed by atoms with Crippen LogP contribution in [0.5, 0.6) is 0 Å². The Morgan fingerprint density at radius 3 is 2.65 bits per heavy atom. The van der Waals surface area contributed by atoms with E-state index in [4.69, 9.17) is 0 Å². The highest BCUT2D eigenvalue weighted by molar-refractivity contribution is 5.84. The number of amides is 1. The summed E-state index contributed by atoms with van der Waals surface area (Å²) in [6, 6.07) is 7.25. The standard InChI is InChI=1S/C12H13N3O2/c1-8(16)13-7-11-9-5-3-4-6-10(9)12(17)15(2)14-11/h3-6H,7H2,1-2H3,(H,13,16). The first-order valence-electron chi connectivity index (χ1n) is 5.29. The smallest absolute Gasteiger partial charge is 0.274 e. The molecule has 1 N–H and O–H groups in total. The molecule has 1 heterocycles. The van der Waals surface area contributed by atoms with Crippen LogP contribution in [0, 0.1) is 0 Å². The third kappa shape index (κ3) is 2.18. The lowest BCUT2D eigenvalue weighted by Gasteiger charge is -2.08. The van der Waals surface area contributed by atoms with E-state index in [-0.39, 0.29) is 11.5 Å². The van der Waals surface area contributed by atoms with Gasteiger partial charge in [-0.25, -0.2) is 4.68 Å². The third-order valence-corrected chi connectivity index (χ3v) is 2.54. The second kappa shape index (κ2) is 4.37. The fraction of sp³-hybridized carbons (Fsp3) is 0.250. The average Bonchev–Trinajstić information content (AvgIpc) is 2.32. The van der Waals surface area contributed by atoms with Crippen molar-refractivity contribution >= 4 is 16.7 Å². The molecule has 0 spiro atoms. The highest BCUT2D eigenvalue weighted by atomic mass is 16.1. The maximum Gasteiger partial charge on any atom is 0.274 e. The number of aryl methyl sites for hydroxylation is 1. The molecule has 88 valence electrons. The Kier molecular flexibility index (Phi) is 2.91. The molecular formula is C12H13N3O2. The largest absolute Gasteiger partial charge is 0.351 e. The Balaban J connectivity index is 2.59. The number of carbonyl (C=O) groups is 1. The van der Waals surface area contributed by atoms with Crippen LogP contribution in [0.25, 0.3) is 10.8 Å². The van der Waals surface area contributed by atoms with E-state index in [1.54, 1.807) is 13.1 Å². The van der Waals surface area contributed by atoms with Crippen LogP contribution in [0.1, 0.15) is 12.6 Å². The van der Waals surface area contributed by atoms with Crippen LogP contribution in [-0.4, -0.2) is 15.7 Å². The molecule has 1 aromatic heterocycles. The Morgan fingerprint density at radius 2 is 2.00 bits per heavy atom. The highest BCUT2D eigenvalue weighted by Gasteiger charge is 2.08. The minimum atomic E-state index is -0.132. The van der Waals surface area contributed by atoms with Gasteiger partial charge in [0, 0.05) is 19.4 Å². The summed E-state index contributed by atoms with van der Waals surface area (Å²) in [7, 11) is 1.60. The van der Waals surface area contributed by atoms with Crippen LogP contribution in [0.4, 0.5) is 0 Å². The van der Waals surface area contributed by atoms with E-state index in [1.807, 2.05) is 18.2 Å². The Labute approximate surface area is 98.1 Å². The van der Waals surface area contributed by atoms with E-state index in [2.05, 4.69) is 10.4 Å². The van der Waals surface area contributed by atoms with Crippen molar-refractivity contribution in [2.45, 2.75) is 13.5 Å². The van der Waals surface area contributed by atoms with Crippen molar-refractivity contribution in [3.8, 4) is 0 Å². The molecule has 2 aromatic rings. The number of benzene rings is 1. The van der Waals surface area contributed by atoms with Crippen LogP contribution < -0.4 is 10.9 Å². The number of carbonyl (C=O) groups excluding carboxylic acids is 1. The molecule has 1 amide bonds. The first-order chi connectivity index (χ1) is 8.09. The second-order valence-electron chi connectivity index (χ2n) is 3.83. The van der Waals surface area contributed by atoms with Gasteiger partial charge in [0.25, 0.3) is 5.56 Å². The van der Waals surface area contributed by atoms with Crippen molar-refractivity contribution < 1.29 is 4.79 Å². The fourth-order valence-electron chi connectivity index (χ4n) is 1.71. The Hall–Kier alpha value is -2.17. The number of hydrogen-bond acceptors (Lipinski definition) is 3. The zero-order valence-electron chi connectivity index (χ0n) is 9.73. The molecule has 0 bridgehead atoms. The van der Waals surface area contributed by atoms with Crippen LogP contribution in [0.2, 0.25) is 0 Å². The van der Waals surface area contributed by atoms with E-state index in [1.165, 1.54) is 11.6 Å². The summed E-state index contributed by atoms with van der Waals surface area (Å²) in [4.78, 5) is 22.7. The minimum absolute atomic E-state index is 0.121. The lowest BCUT2D eigenvalue weighted by atomic mass is 10.1. The maximum atomic E-state index is 11.8. The lowest BCUT2D eigenvalue weighted by molar-refractivity contribution is -0.119. The molecule has 17 heavy (non-hydrogen) atoms. The third-order valence-electron chi connectivity index (χ3n) is 2.54. The predicted molar refractivity (Wildman–Crippen MR) is 64.5 cm³/mol. The molecular weight excluding hydrogens is 218 g/mol. The summed E-state index contributed by atoms with van der Waals surface area (Å²) >= 11 is 0. The summed E-state index contributed by atoms with van der Waals surface area (Å²) in [5.74, 6) is -0.121. The second-order valence-corrected chi connectivity index (χ2v) is 3.83. The zero-order chi connectivity index (χ0) is 12.4. The van der Waals surface area contributed by atoms with Gasteiger partial charge in [-0.15, -0.1) is 0 Å². The van der Waals surface area contributed by atoms with Gasteiger partial charge in [0.2, 0.25) is 5.91 Å². The van der Waals surface area contributed by atoms with E-state index < -0.39 is 0 Å². The Morgan fingerprint density at radius 1 is 1.35 bits per heavy atom. The van der Waals surface area contributed by atoms with Gasteiger partial charge in [0.05, 0.1) is 17.6 Å². The van der Waals surface area contributed by atoms with Crippen LogP contribution in [0.15, 0.2) is 29.1 Å². The molecule has 0 atom stereocenters. The van der Waals surface area contributed by atoms with Gasteiger partial charge < -0.3 is 5.32 Å². The molecule has 2 rings (SSSR count). The molecule has 0 unspecified atom stereocenters. The summed E-state index contributed by atoms with van der Waals surface area (Å²) in [5, 5.41) is 8.24. The molecule has 0 saturated heterocycles. The molecule has 0 saturated carbocycles. The number of nitrogens with one attached hydrogen (secondary N) is 1. The Bertz CT molecular complexity index is 631. The summed E-state index contributed by atoms with van der Waals surface area (Å²) in [5.41, 5.74) is 0.560. The van der Waals surface area contributed by atoms with Crippen molar-refractivity contribution in [2.75, 3.05) is 0 Å². The van der Waals surface area contributed by atoms with Crippen molar-refractivity contribution in [1.29, 1.82) is 0 Å². The number of hydrogen-bond donors (Lipinski definition) is 1. The van der Waals surface area contributed by atoms with E-state index in [9.17, 15) is 9.59 Å². The molecule has 0 fully saturated rings. The van der Waals surface area contributed by atoms with Crippen molar-refractivity contribution in [1.82, 2.24) is 15.1 Å². The SMILES string of the molecule is CC(=O)NCc1nn(C)c(=O)c2ccccc12. The minimum Gasteiger partial charge on any atom is -0.351 e. The van der Waals surface area contributed by atoms with E-state index in [0.717, 1.165) is 5.39 Å². The van der Waals surface area contributed by atoms with Crippen LogP contribution >= 0.6 is 0 Å².